The van der Waals surface area contributed by atoms with Crippen LogP contribution in [0.2, 0.25) is 0 Å². The van der Waals surface area contributed by atoms with Crippen molar-refractivity contribution in [2.45, 2.75) is 33.0 Å². The van der Waals surface area contributed by atoms with Crippen LogP contribution in [0.5, 0.6) is 5.75 Å². The molecule has 1 heterocycles. The molecule has 0 saturated carbocycles. The highest BCUT2D eigenvalue weighted by Crippen LogP contribution is 2.17. The largest absolute Gasteiger partial charge is 0.444 e. The second kappa shape index (κ2) is 7.67. The molecule has 1 aromatic carbocycles. The molecule has 0 radical (unpaired) electrons. The van der Waals surface area contributed by atoms with Gasteiger partial charge < -0.3 is 19.3 Å². The van der Waals surface area contributed by atoms with Gasteiger partial charge in [-0.25, -0.2) is 4.79 Å². The molecule has 1 fully saturated rings. The molecule has 1 aromatic rings. The maximum atomic E-state index is 12.4. The normalized spacial score (nSPS) is 15.3. The number of piperazine rings is 1. The van der Waals surface area contributed by atoms with Crippen molar-refractivity contribution in [2.24, 2.45) is 0 Å². The third-order valence-corrected chi connectivity index (χ3v) is 3.55. The van der Waals surface area contributed by atoms with Crippen LogP contribution in [0.15, 0.2) is 24.3 Å². The lowest BCUT2D eigenvalue weighted by Gasteiger charge is -2.35. The summed E-state index contributed by atoms with van der Waals surface area (Å²) in [6.07, 6.45) is -0.395. The standard InChI is InChI=1S/C17H22F2N2O4/c1-17(2,3)25-16(23)21-10-8-20(9-11-21)14(22)12-4-6-13(7-5-12)24-15(18)19/h4-7,15H,8-11H2,1-3H3. The Labute approximate surface area is 145 Å². The Balaban J connectivity index is 1.89. The lowest BCUT2D eigenvalue weighted by Crippen LogP contribution is -2.51. The van der Waals surface area contributed by atoms with E-state index in [2.05, 4.69) is 4.74 Å². The van der Waals surface area contributed by atoms with Gasteiger partial charge in [-0.05, 0) is 45.0 Å². The van der Waals surface area contributed by atoms with E-state index in [0.29, 0.717) is 31.7 Å². The zero-order valence-corrected chi connectivity index (χ0v) is 14.5. The molecular weight excluding hydrogens is 334 g/mol. The second-order valence-electron chi connectivity index (χ2n) is 6.66. The van der Waals surface area contributed by atoms with Crippen LogP contribution in [0, 0.1) is 0 Å². The van der Waals surface area contributed by atoms with Gasteiger partial charge in [0.1, 0.15) is 11.4 Å². The molecule has 1 saturated heterocycles. The minimum Gasteiger partial charge on any atom is -0.444 e. The average molecular weight is 356 g/mol. The Kier molecular flexibility index (Phi) is 5.81. The number of alkyl halides is 2. The van der Waals surface area contributed by atoms with Crippen molar-refractivity contribution in [3.05, 3.63) is 29.8 Å². The molecule has 1 aliphatic heterocycles. The maximum Gasteiger partial charge on any atom is 0.410 e. The summed E-state index contributed by atoms with van der Waals surface area (Å²) in [5.41, 5.74) is -0.182. The van der Waals surface area contributed by atoms with Gasteiger partial charge in [0.2, 0.25) is 0 Å². The predicted octanol–water partition coefficient (Wildman–Crippen LogP) is 2.98. The minimum atomic E-state index is -2.90. The smallest absolute Gasteiger partial charge is 0.410 e. The van der Waals surface area contributed by atoms with E-state index >= 15 is 0 Å². The first-order valence-electron chi connectivity index (χ1n) is 7.98. The number of halogens is 2. The quantitative estimate of drug-likeness (QED) is 0.835. The summed E-state index contributed by atoms with van der Waals surface area (Å²) in [4.78, 5) is 27.6. The van der Waals surface area contributed by atoms with E-state index in [1.807, 2.05) is 0 Å². The van der Waals surface area contributed by atoms with Gasteiger partial charge in [0, 0.05) is 31.7 Å². The first kappa shape index (κ1) is 19.0. The molecule has 138 valence electrons. The fourth-order valence-corrected chi connectivity index (χ4v) is 2.38. The van der Waals surface area contributed by atoms with Crippen LogP contribution in [-0.2, 0) is 4.74 Å². The van der Waals surface area contributed by atoms with Crippen molar-refractivity contribution in [3.8, 4) is 5.75 Å². The number of carbonyl (C=O) groups excluding carboxylic acids is 2. The Bertz CT molecular complexity index is 606. The summed E-state index contributed by atoms with van der Waals surface area (Å²) in [6.45, 7) is 4.02. The molecule has 1 aliphatic rings. The summed E-state index contributed by atoms with van der Waals surface area (Å²) in [6, 6.07) is 5.55. The minimum absolute atomic E-state index is 0.00120. The maximum absolute atomic E-state index is 12.4. The van der Waals surface area contributed by atoms with E-state index in [0.717, 1.165) is 0 Å². The number of nitrogens with zero attached hydrogens (tertiary/aromatic N) is 2. The summed E-state index contributed by atoms with van der Waals surface area (Å²) in [5, 5.41) is 0. The van der Waals surface area contributed by atoms with Crippen LogP contribution < -0.4 is 4.74 Å². The van der Waals surface area contributed by atoms with Gasteiger partial charge in [-0.2, -0.15) is 8.78 Å². The predicted molar refractivity (Wildman–Crippen MR) is 86.8 cm³/mol. The van der Waals surface area contributed by atoms with E-state index in [-0.39, 0.29) is 11.7 Å². The van der Waals surface area contributed by atoms with Crippen molar-refractivity contribution in [1.29, 1.82) is 0 Å². The molecule has 25 heavy (non-hydrogen) atoms. The number of benzene rings is 1. The van der Waals surface area contributed by atoms with Crippen molar-refractivity contribution in [3.63, 3.8) is 0 Å². The topological polar surface area (TPSA) is 59.1 Å². The second-order valence-corrected chi connectivity index (χ2v) is 6.66. The Hall–Kier alpha value is -2.38. The van der Waals surface area contributed by atoms with Gasteiger partial charge in [-0.15, -0.1) is 0 Å². The monoisotopic (exact) mass is 356 g/mol. The third-order valence-electron chi connectivity index (χ3n) is 3.55. The summed E-state index contributed by atoms with van der Waals surface area (Å²) in [5.74, 6) is -0.214. The molecule has 0 bridgehead atoms. The Morgan fingerprint density at radius 3 is 2.00 bits per heavy atom. The first-order chi connectivity index (χ1) is 11.7. The molecule has 0 unspecified atom stereocenters. The molecule has 0 spiro atoms. The van der Waals surface area contributed by atoms with Crippen molar-refractivity contribution in [2.75, 3.05) is 26.2 Å². The van der Waals surface area contributed by atoms with Crippen LogP contribution in [0.1, 0.15) is 31.1 Å². The molecule has 8 heteroatoms. The summed E-state index contributed by atoms with van der Waals surface area (Å²) in [7, 11) is 0. The van der Waals surface area contributed by atoms with Crippen LogP contribution in [0.25, 0.3) is 0 Å². The molecular formula is C17H22F2N2O4. The van der Waals surface area contributed by atoms with E-state index in [1.54, 1.807) is 30.6 Å². The fourth-order valence-electron chi connectivity index (χ4n) is 2.38. The zero-order chi connectivity index (χ0) is 18.6. The van der Waals surface area contributed by atoms with Gasteiger partial charge >= 0.3 is 12.7 Å². The number of amides is 2. The van der Waals surface area contributed by atoms with Crippen molar-refractivity contribution >= 4 is 12.0 Å². The van der Waals surface area contributed by atoms with Crippen molar-refractivity contribution in [1.82, 2.24) is 9.80 Å². The number of ether oxygens (including phenoxy) is 2. The lowest BCUT2D eigenvalue weighted by atomic mass is 10.1. The lowest BCUT2D eigenvalue weighted by molar-refractivity contribution is -0.0498. The molecule has 0 aromatic heterocycles. The van der Waals surface area contributed by atoms with Crippen LogP contribution in [0.4, 0.5) is 13.6 Å². The van der Waals surface area contributed by atoms with Crippen LogP contribution in [0.3, 0.4) is 0 Å². The van der Waals surface area contributed by atoms with E-state index in [4.69, 9.17) is 4.74 Å². The fraction of sp³-hybridized carbons (Fsp3) is 0.529. The van der Waals surface area contributed by atoms with Crippen LogP contribution in [-0.4, -0.2) is 60.2 Å². The highest BCUT2D eigenvalue weighted by Gasteiger charge is 2.28. The van der Waals surface area contributed by atoms with Gasteiger partial charge in [-0.3, -0.25) is 4.79 Å². The van der Waals surface area contributed by atoms with Gasteiger partial charge in [0.15, 0.2) is 0 Å². The zero-order valence-electron chi connectivity index (χ0n) is 14.5. The number of hydrogen-bond acceptors (Lipinski definition) is 4. The molecule has 0 N–H and O–H groups in total. The average Bonchev–Trinajstić information content (AvgIpc) is 2.53. The first-order valence-corrected chi connectivity index (χ1v) is 7.98. The van der Waals surface area contributed by atoms with Gasteiger partial charge in [0.05, 0.1) is 0 Å². The van der Waals surface area contributed by atoms with E-state index in [1.165, 1.54) is 24.3 Å². The van der Waals surface area contributed by atoms with Gasteiger partial charge in [-0.1, -0.05) is 0 Å². The molecule has 6 nitrogen and oxygen atoms in total. The van der Waals surface area contributed by atoms with Crippen LogP contribution >= 0.6 is 0 Å². The van der Waals surface area contributed by atoms with E-state index < -0.39 is 18.3 Å². The summed E-state index contributed by atoms with van der Waals surface area (Å²) < 4.78 is 33.8. The van der Waals surface area contributed by atoms with Gasteiger partial charge in [0.25, 0.3) is 5.91 Å². The third kappa shape index (κ3) is 5.58. The molecule has 0 aliphatic carbocycles. The molecule has 0 atom stereocenters. The highest BCUT2D eigenvalue weighted by atomic mass is 19.3. The van der Waals surface area contributed by atoms with E-state index in [9.17, 15) is 18.4 Å². The molecule has 2 amide bonds. The number of carbonyl (C=O) groups is 2. The highest BCUT2D eigenvalue weighted by molar-refractivity contribution is 5.94. The number of hydrogen-bond donors (Lipinski definition) is 0. The Morgan fingerprint density at radius 2 is 1.52 bits per heavy atom. The summed E-state index contributed by atoms with van der Waals surface area (Å²) >= 11 is 0. The SMILES string of the molecule is CC(C)(C)OC(=O)N1CCN(C(=O)c2ccc(OC(F)F)cc2)CC1. The molecule has 2 rings (SSSR count). The van der Waals surface area contributed by atoms with Crippen molar-refractivity contribution < 1.29 is 27.8 Å². The Morgan fingerprint density at radius 1 is 1.00 bits per heavy atom. The number of rotatable bonds is 3.